The minimum absolute atomic E-state index is 0.567. The molecule has 0 bridgehead atoms. The van der Waals surface area contributed by atoms with E-state index in [2.05, 4.69) is 24.2 Å². The van der Waals surface area contributed by atoms with Crippen molar-refractivity contribution < 1.29 is 4.42 Å². The van der Waals surface area contributed by atoms with Gasteiger partial charge in [-0.3, -0.25) is 0 Å². The Morgan fingerprint density at radius 2 is 2.38 bits per heavy atom. The topological polar surface area (TPSA) is 26.0 Å². The van der Waals surface area contributed by atoms with Crippen LogP contribution in [0.3, 0.4) is 0 Å². The van der Waals surface area contributed by atoms with E-state index in [-0.39, 0.29) is 0 Å². The van der Waals surface area contributed by atoms with Crippen LogP contribution >= 0.6 is 12.6 Å². The van der Waals surface area contributed by atoms with E-state index in [0.717, 1.165) is 17.9 Å². The van der Waals surface area contributed by atoms with E-state index >= 15 is 0 Å². The lowest BCUT2D eigenvalue weighted by atomic mass is 10.3. The second kappa shape index (κ2) is 4.33. The second-order valence-electron chi connectivity index (χ2n) is 2.66. The van der Waals surface area contributed by atoms with E-state index in [9.17, 15) is 0 Å². The molecule has 0 amide bonds. The molecule has 0 aromatic carbocycles. The van der Waals surface area contributed by atoms with Gasteiger partial charge in [-0.05, 0) is 19.4 Å². The highest BCUT2D eigenvalue weighted by molar-refractivity contribution is 7.90. The Bertz CT molecular complexity index is 339. The highest BCUT2D eigenvalue weighted by atomic mass is 32.1. The molecular formula is C10H13NOS. The van der Waals surface area contributed by atoms with E-state index in [1.165, 1.54) is 0 Å². The summed E-state index contributed by atoms with van der Waals surface area (Å²) < 4.78 is 5.42. The average Bonchev–Trinajstić information content (AvgIpc) is 2.47. The number of hydrogen-bond acceptors (Lipinski definition) is 3. The number of oxazole rings is 1. The molecule has 0 saturated heterocycles. The summed E-state index contributed by atoms with van der Waals surface area (Å²) >= 11 is 4.23. The normalized spacial score (nSPS) is 11.8. The Morgan fingerprint density at radius 3 is 2.85 bits per heavy atom. The second-order valence-corrected chi connectivity index (χ2v) is 3.14. The van der Waals surface area contributed by atoms with Crippen molar-refractivity contribution in [2.75, 3.05) is 0 Å². The van der Waals surface area contributed by atoms with Gasteiger partial charge in [0.1, 0.15) is 5.76 Å². The van der Waals surface area contributed by atoms with Gasteiger partial charge >= 0.3 is 0 Å². The van der Waals surface area contributed by atoms with Crippen LogP contribution in [0.1, 0.15) is 24.3 Å². The molecule has 0 N–H and O–H groups in total. The molecule has 0 fully saturated rings. The smallest absolute Gasteiger partial charge is 0.232 e. The fraction of sp³-hybridized carbons (Fsp3) is 0.300. The third-order valence-corrected chi connectivity index (χ3v) is 2.06. The molecule has 70 valence electrons. The monoisotopic (exact) mass is 195 g/mol. The number of rotatable bonds is 3. The molecule has 1 rings (SSSR count). The van der Waals surface area contributed by atoms with E-state index in [0.29, 0.717) is 10.8 Å². The summed E-state index contributed by atoms with van der Waals surface area (Å²) in [6, 6.07) is 0. The maximum Gasteiger partial charge on any atom is 0.232 e. The van der Waals surface area contributed by atoms with E-state index in [1.54, 1.807) is 12.2 Å². The zero-order valence-electron chi connectivity index (χ0n) is 7.87. The summed E-state index contributed by atoms with van der Waals surface area (Å²) in [5.41, 5.74) is 0.985. The Balaban J connectivity index is 3.03. The van der Waals surface area contributed by atoms with Crippen molar-refractivity contribution in [2.24, 2.45) is 0 Å². The van der Waals surface area contributed by atoms with Crippen molar-refractivity contribution in [3.8, 4) is 0 Å². The lowest BCUT2D eigenvalue weighted by molar-refractivity contribution is 0.514. The molecular weight excluding hydrogens is 182 g/mol. The molecule has 0 aliphatic carbocycles. The molecule has 13 heavy (non-hydrogen) atoms. The number of aromatic nitrogens is 1. The van der Waals surface area contributed by atoms with Gasteiger partial charge in [0.05, 0.1) is 10.6 Å². The van der Waals surface area contributed by atoms with Crippen molar-refractivity contribution in [2.45, 2.75) is 20.3 Å². The first-order valence-corrected chi connectivity index (χ1v) is 4.62. The maximum absolute atomic E-state index is 5.42. The summed E-state index contributed by atoms with van der Waals surface area (Å²) in [6.07, 6.45) is 4.30. The standard InChI is InChI=1S/C10H13NOS/c1-4-6-9(13)10-11-8(5-2)7(3)12-10/h4,6,13H,1,5H2,2-3H3/b9-6-. The van der Waals surface area contributed by atoms with Crippen LogP contribution in [0, 0.1) is 6.92 Å². The Hall–Kier alpha value is -0.960. The van der Waals surface area contributed by atoms with Gasteiger partial charge < -0.3 is 4.42 Å². The number of allylic oxidation sites excluding steroid dienone is 2. The van der Waals surface area contributed by atoms with Gasteiger partial charge in [0.2, 0.25) is 5.89 Å². The molecule has 0 atom stereocenters. The predicted octanol–water partition coefficient (Wildman–Crippen LogP) is 3.00. The summed E-state index contributed by atoms with van der Waals surface area (Å²) in [5, 5.41) is 0. The number of hydrogen-bond donors (Lipinski definition) is 1. The van der Waals surface area contributed by atoms with Gasteiger partial charge in [-0.1, -0.05) is 19.6 Å². The first-order valence-electron chi connectivity index (χ1n) is 4.17. The van der Waals surface area contributed by atoms with Crippen LogP contribution in [0.15, 0.2) is 23.1 Å². The molecule has 2 nitrogen and oxygen atoms in total. The maximum atomic E-state index is 5.42. The molecule has 0 aliphatic rings. The van der Waals surface area contributed by atoms with Gasteiger partial charge in [-0.25, -0.2) is 4.98 Å². The highest BCUT2D eigenvalue weighted by Crippen LogP contribution is 2.20. The molecule has 0 unspecified atom stereocenters. The zero-order chi connectivity index (χ0) is 9.84. The Labute approximate surface area is 83.8 Å². The van der Waals surface area contributed by atoms with Crippen molar-refractivity contribution in [3.63, 3.8) is 0 Å². The summed E-state index contributed by atoms with van der Waals surface area (Å²) in [6.45, 7) is 7.53. The van der Waals surface area contributed by atoms with Gasteiger partial charge in [-0.15, -0.1) is 12.6 Å². The predicted molar refractivity (Wildman–Crippen MR) is 57.8 cm³/mol. The molecule has 0 spiro atoms. The van der Waals surface area contributed by atoms with Crippen LogP contribution in [-0.4, -0.2) is 4.98 Å². The van der Waals surface area contributed by atoms with Gasteiger partial charge in [0.15, 0.2) is 0 Å². The van der Waals surface area contributed by atoms with Crippen LogP contribution in [0.5, 0.6) is 0 Å². The van der Waals surface area contributed by atoms with E-state index < -0.39 is 0 Å². The lowest BCUT2D eigenvalue weighted by Crippen LogP contribution is -1.82. The first kappa shape index (κ1) is 10.1. The molecule has 0 saturated carbocycles. The fourth-order valence-electron chi connectivity index (χ4n) is 1.05. The summed E-state index contributed by atoms with van der Waals surface area (Å²) in [5.74, 6) is 1.43. The van der Waals surface area contributed by atoms with Crippen molar-refractivity contribution in [1.82, 2.24) is 4.98 Å². The van der Waals surface area contributed by atoms with Crippen molar-refractivity contribution >= 4 is 17.5 Å². The van der Waals surface area contributed by atoms with Crippen LogP contribution in [0.25, 0.3) is 4.91 Å². The Morgan fingerprint density at radius 1 is 1.69 bits per heavy atom. The summed E-state index contributed by atoms with van der Waals surface area (Å²) in [4.78, 5) is 4.99. The lowest BCUT2D eigenvalue weighted by Gasteiger charge is -1.88. The van der Waals surface area contributed by atoms with Crippen molar-refractivity contribution in [3.05, 3.63) is 36.1 Å². The minimum atomic E-state index is 0.567. The van der Waals surface area contributed by atoms with Crippen LogP contribution in [0.4, 0.5) is 0 Å². The molecule has 1 heterocycles. The molecule has 0 aliphatic heterocycles. The number of nitrogens with zero attached hydrogens (tertiary/aromatic N) is 1. The molecule has 3 heteroatoms. The van der Waals surface area contributed by atoms with Crippen LogP contribution < -0.4 is 0 Å². The largest absolute Gasteiger partial charge is 0.441 e. The first-order chi connectivity index (χ1) is 6.19. The SMILES string of the molecule is C=C/C=C(\S)c1nc(CC)c(C)o1. The third-order valence-electron chi connectivity index (χ3n) is 1.72. The van der Waals surface area contributed by atoms with E-state index in [4.69, 9.17) is 4.42 Å². The van der Waals surface area contributed by atoms with Crippen LogP contribution in [0.2, 0.25) is 0 Å². The van der Waals surface area contributed by atoms with Crippen molar-refractivity contribution in [1.29, 1.82) is 0 Å². The summed E-state index contributed by atoms with van der Waals surface area (Å²) in [7, 11) is 0. The van der Waals surface area contributed by atoms with Gasteiger partial charge in [0, 0.05) is 0 Å². The molecule has 1 aromatic rings. The number of aryl methyl sites for hydroxylation is 2. The van der Waals surface area contributed by atoms with Gasteiger partial charge in [-0.2, -0.15) is 0 Å². The number of thiol groups is 1. The minimum Gasteiger partial charge on any atom is -0.441 e. The quantitative estimate of drug-likeness (QED) is 0.592. The zero-order valence-corrected chi connectivity index (χ0v) is 8.77. The average molecular weight is 195 g/mol. The third kappa shape index (κ3) is 2.25. The molecule has 1 aromatic heterocycles. The molecule has 0 radical (unpaired) electrons. The fourth-order valence-corrected chi connectivity index (χ4v) is 1.25. The Kier molecular flexibility index (Phi) is 3.37. The van der Waals surface area contributed by atoms with Crippen LogP contribution in [-0.2, 0) is 6.42 Å². The highest BCUT2D eigenvalue weighted by Gasteiger charge is 2.08. The van der Waals surface area contributed by atoms with Gasteiger partial charge in [0.25, 0.3) is 0 Å². The van der Waals surface area contributed by atoms with E-state index in [1.807, 2.05) is 13.8 Å².